The molecule has 6 nitrogen and oxygen atoms in total. The monoisotopic (exact) mass is 374 g/mol. The van der Waals surface area contributed by atoms with E-state index >= 15 is 0 Å². The Kier molecular flexibility index (Phi) is 6.44. The lowest BCUT2D eigenvalue weighted by atomic mass is 10.2. The lowest BCUT2D eigenvalue weighted by Gasteiger charge is -2.27. The number of esters is 1. The Morgan fingerprint density at radius 1 is 1.50 bits per heavy atom. The second-order valence-electron chi connectivity index (χ2n) is 5.02. The van der Waals surface area contributed by atoms with Crippen LogP contribution in [0.1, 0.15) is 13.3 Å². The fraction of sp³-hybridized carbons (Fsp3) is 0.400. The second kappa shape index (κ2) is 8.34. The van der Waals surface area contributed by atoms with Crippen LogP contribution >= 0.6 is 23.4 Å². The van der Waals surface area contributed by atoms with Gasteiger partial charge in [0.1, 0.15) is 11.9 Å². The molecular weight excluding hydrogens is 359 g/mol. The van der Waals surface area contributed by atoms with E-state index in [1.54, 1.807) is 6.92 Å². The smallest absolute Gasteiger partial charge is 0.329 e. The molecule has 24 heavy (non-hydrogen) atoms. The van der Waals surface area contributed by atoms with E-state index in [2.05, 4.69) is 10.6 Å². The van der Waals surface area contributed by atoms with Gasteiger partial charge in [-0.05, 0) is 25.1 Å². The van der Waals surface area contributed by atoms with E-state index in [-0.39, 0.29) is 18.1 Å². The van der Waals surface area contributed by atoms with E-state index in [9.17, 15) is 18.8 Å². The fourth-order valence-corrected chi connectivity index (χ4v) is 3.38. The number of amides is 2. The zero-order valence-electron chi connectivity index (χ0n) is 12.8. The lowest BCUT2D eigenvalue weighted by molar-refractivity contribution is -0.146. The van der Waals surface area contributed by atoms with Crippen molar-refractivity contribution in [2.45, 2.75) is 24.6 Å². The molecule has 2 atom stereocenters. The van der Waals surface area contributed by atoms with Gasteiger partial charge in [0.15, 0.2) is 0 Å². The van der Waals surface area contributed by atoms with E-state index < -0.39 is 34.9 Å². The Morgan fingerprint density at radius 3 is 2.88 bits per heavy atom. The highest BCUT2D eigenvalue weighted by molar-refractivity contribution is 8.00. The Hall–Kier alpha value is -1.80. The average Bonchev–Trinajstić information content (AvgIpc) is 2.53. The van der Waals surface area contributed by atoms with Gasteiger partial charge in [0.05, 0.1) is 16.9 Å². The molecule has 2 rings (SSSR count). The highest BCUT2D eigenvalue weighted by atomic mass is 35.5. The molecular formula is C15H16ClFN2O4S. The number of ether oxygens (including phenoxy) is 1. The molecule has 2 amide bonds. The summed E-state index contributed by atoms with van der Waals surface area (Å²) in [6, 6.07) is 3.12. The average molecular weight is 375 g/mol. The first-order valence-electron chi connectivity index (χ1n) is 7.24. The molecule has 0 aromatic heterocycles. The van der Waals surface area contributed by atoms with Crippen LogP contribution in [0.4, 0.5) is 10.1 Å². The number of anilines is 1. The van der Waals surface area contributed by atoms with E-state index in [4.69, 9.17) is 16.3 Å². The lowest BCUT2D eigenvalue weighted by Crippen LogP contribution is -2.51. The van der Waals surface area contributed by atoms with E-state index in [1.165, 1.54) is 23.9 Å². The summed E-state index contributed by atoms with van der Waals surface area (Å²) < 4.78 is 17.9. The van der Waals surface area contributed by atoms with Crippen LogP contribution in [0.25, 0.3) is 0 Å². The normalized spacial score (nSPS) is 20.2. The highest BCUT2D eigenvalue weighted by Gasteiger charge is 2.34. The van der Waals surface area contributed by atoms with Gasteiger partial charge in [-0.15, -0.1) is 11.8 Å². The number of carbonyl (C=O) groups excluding carboxylic acids is 3. The Bertz CT molecular complexity index is 658. The predicted molar refractivity (Wildman–Crippen MR) is 89.5 cm³/mol. The van der Waals surface area contributed by atoms with Crippen molar-refractivity contribution in [2.75, 3.05) is 17.7 Å². The van der Waals surface area contributed by atoms with Gasteiger partial charge >= 0.3 is 5.97 Å². The van der Waals surface area contributed by atoms with E-state index in [0.29, 0.717) is 11.4 Å². The van der Waals surface area contributed by atoms with Gasteiger partial charge in [-0.3, -0.25) is 9.59 Å². The van der Waals surface area contributed by atoms with E-state index in [0.717, 1.165) is 6.07 Å². The Labute approximate surface area is 147 Å². The van der Waals surface area contributed by atoms with Crippen LogP contribution in [0.2, 0.25) is 5.02 Å². The van der Waals surface area contributed by atoms with E-state index in [1.807, 2.05) is 0 Å². The molecule has 1 aromatic rings. The molecule has 0 bridgehead atoms. The predicted octanol–water partition coefficient (Wildman–Crippen LogP) is 1.97. The summed E-state index contributed by atoms with van der Waals surface area (Å²) in [6.45, 7) is 1.92. The molecule has 1 aliphatic rings. The molecule has 0 saturated carbocycles. The van der Waals surface area contributed by atoms with Gasteiger partial charge in [-0.2, -0.15) is 0 Å². The van der Waals surface area contributed by atoms with Gasteiger partial charge in [-0.1, -0.05) is 11.6 Å². The van der Waals surface area contributed by atoms with Crippen molar-refractivity contribution in [1.29, 1.82) is 0 Å². The number of hydrogen-bond donors (Lipinski definition) is 2. The quantitative estimate of drug-likeness (QED) is 0.770. The zero-order valence-corrected chi connectivity index (χ0v) is 14.4. The van der Waals surface area contributed by atoms with Gasteiger partial charge in [0.2, 0.25) is 11.8 Å². The third kappa shape index (κ3) is 4.85. The van der Waals surface area contributed by atoms with Crippen molar-refractivity contribution in [3.8, 4) is 0 Å². The van der Waals surface area contributed by atoms with Crippen molar-refractivity contribution in [3.05, 3.63) is 29.0 Å². The van der Waals surface area contributed by atoms with Gasteiger partial charge in [0, 0.05) is 17.9 Å². The minimum absolute atomic E-state index is 0.0684. The molecule has 1 aromatic carbocycles. The molecule has 1 aliphatic heterocycles. The van der Waals surface area contributed by atoms with Crippen LogP contribution < -0.4 is 10.6 Å². The number of halogens is 2. The first-order valence-corrected chi connectivity index (χ1v) is 8.67. The van der Waals surface area contributed by atoms with Crippen LogP contribution in [0.15, 0.2) is 18.2 Å². The summed E-state index contributed by atoms with van der Waals surface area (Å²) >= 11 is 6.86. The first-order chi connectivity index (χ1) is 11.4. The molecule has 0 spiro atoms. The van der Waals surface area contributed by atoms with Crippen molar-refractivity contribution in [3.63, 3.8) is 0 Å². The molecule has 130 valence electrons. The molecule has 9 heteroatoms. The number of thioether (sulfide) groups is 1. The number of rotatable bonds is 5. The molecule has 1 heterocycles. The number of hydrogen-bond acceptors (Lipinski definition) is 5. The van der Waals surface area contributed by atoms with Gasteiger partial charge in [0.25, 0.3) is 0 Å². The van der Waals surface area contributed by atoms with Crippen LogP contribution in [0.5, 0.6) is 0 Å². The maximum atomic E-state index is 13.1. The second-order valence-corrected chi connectivity index (χ2v) is 6.66. The minimum atomic E-state index is -0.697. The summed E-state index contributed by atoms with van der Waals surface area (Å²) in [7, 11) is 0. The standard InChI is InChI=1S/C15H16ClFN2O4S/c1-2-23-15(22)11-7-24-12(14(21)19-11)6-13(20)18-8-3-4-10(17)9(16)5-8/h3-5,11-12H,2,6-7H2,1H3,(H,18,20)(H,19,21)/t11-,12+/m0/s1. The molecule has 1 saturated heterocycles. The van der Waals surface area contributed by atoms with Crippen molar-refractivity contribution < 1.29 is 23.5 Å². The van der Waals surface area contributed by atoms with Crippen LogP contribution in [-0.2, 0) is 19.1 Å². The number of benzene rings is 1. The molecule has 1 fully saturated rings. The largest absolute Gasteiger partial charge is 0.464 e. The Balaban J connectivity index is 1.87. The SMILES string of the molecule is CCOC(=O)[C@@H]1CS[C@H](CC(=O)Nc2ccc(F)c(Cl)c2)C(=O)N1. The van der Waals surface area contributed by atoms with Crippen LogP contribution in [-0.4, -0.2) is 41.4 Å². The molecule has 0 unspecified atom stereocenters. The maximum Gasteiger partial charge on any atom is 0.329 e. The summed E-state index contributed by atoms with van der Waals surface area (Å²) in [6.07, 6.45) is -0.0684. The summed E-state index contributed by atoms with van der Waals surface area (Å²) in [5.74, 6) is -1.52. The summed E-state index contributed by atoms with van der Waals surface area (Å²) in [5.41, 5.74) is 0.344. The number of nitrogens with one attached hydrogen (secondary N) is 2. The molecule has 2 N–H and O–H groups in total. The summed E-state index contributed by atoms with van der Waals surface area (Å²) in [5, 5.41) is 4.40. The zero-order chi connectivity index (χ0) is 17.7. The topological polar surface area (TPSA) is 84.5 Å². The third-order valence-electron chi connectivity index (χ3n) is 3.22. The van der Waals surface area contributed by atoms with Gasteiger partial charge in [-0.25, -0.2) is 9.18 Å². The van der Waals surface area contributed by atoms with Crippen molar-refractivity contribution >= 4 is 46.8 Å². The van der Waals surface area contributed by atoms with Crippen molar-refractivity contribution in [1.82, 2.24) is 5.32 Å². The maximum absolute atomic E-state index is 13.1. The van der Waals surface area contributed by atoms with Gasteiger partial charge < -0.3 is 15.4 Å². The minimum Gasteiger partial charge on any atom is -0.464 e. The summed E-state index contributed by atoms with van der Waals surface area (Å²) in [4.78, 5) is 35.6. The van der Waals surface area contributed by atoms with Crippen LogP contribution in [0, 0.1) is 5.82 Å². The fourth-order valence-electron chi connectivity index (χ4n) is 2.07. The molecule has 0 aliphatic carbocycles. The number of carbonyl (C=O) groups is 3. The third-order valence-corrected chi connectivity index (χ3v) is 4.82. The molecule has 0 radical (unpaired) electrons. The highest BCUT2D eigenvalue weighted by Crippen LogP contribution is 2.23. The van der Waals surface area contributed by atoms with Crippen molar-refractivity contribution in [2.24, 2.45) is 0 Å². The Morgan fingerprint density at radius 2 is 2.25 bits per heavy atom. The first kappa shape index (κ1) is 18.5. The van der Waals surface area contributed by atoms with Crippen LogP contribution in [0.3, 0.4) is 0 Å².